The Hall–Kier alpha value is -2.44. The quantitative estimate of drug-likeness (QED) is 0.562. The van der Waals surface area contributed by atoms with Gasteiger partial charge in [-0.3, -0.25) is 9.59 Å². The lowest BCUT2D eigenvalue weighted by Crippen LogP contribution is -2.47. The van der Waals surface area contributed by atoms with Gasteiger partial charge in [0.2, 0.25) is 5.79 Å². The van der Waals surface area contributed by atoms with Crippen molar-refractivity contribution >= 4 is 11.9 Å². The molecule has 0 bridgehead atoms. The monoisotopic (exact) mass is 332 g/mol. The molecule has 2 aliphatic heterocycles. The van der Waals surface area contributed by atoms with E-state index < -0.39 is 29.6 Å². The summed E-state index contributed by atoms with van der Waals surface area (Å²) in [6.45, 7) is 2.12. The van der Waals surface area contributed by atoms with E-state index in [1.165, 1.54) is 20.3 Å². The molecular weight excluding hydrogens is 312 g/mol. The fraction of sp³-hybridized carbons (Fsp3) is 0.556. The number of hydrogen-bond acceptors (Lipinski definition) is 6. The highest BCUT2D eigenvalue weighted by Crippen LogP contribution is 2.49. The molecule has 0 aromatic heterocycles. The highest BCUT2D eigenvalue weighted by molar-refractivity contribution is 5.86. The van der Waals surface area contributed by atoms with Gasteiger partial charge in [0.25, 0.3) is 0 Å². The second-order valence-corrected chi connectivity index (χ2v) is 5.41. The molecule has 24 heavy (non-hydrogen) atoms. The Bertz CT molecular complexity index is 648. The fourth-order valence-corrected chi connectivity index (χ4v) is 3.01. The van der Waals surface area contributed by atoms with Crippen LogP contribution in [0.15, 0.2) is 11.8 Å². The lowest BCUT2D eigenvalue weighted by molar-refractivity contribution is -0.243. The van der Waals surface area contributed by atoms with Crippen LogP contribution in [0.3, 0.4) is 0 Å². The van der Waals surface area contributed by atoms with Crippen LogP contribution in [0.25, 0.3) is 0 Å². The van der Waals surface area contributed by atoms with Crippen molar-refractivity contribution in [2.75, 3.05) is 20.8 Å². The van der Waals surface area contributed by atoms with E-state index in [9.17, 15) is 9.59 Å². The van der Waals surface area contributed by atoms with Crippen molar-refractivity contribution < 1.29 is 28.5 Å². The standard InChI is InChI=1S/C18H20O6/c1-4-5-6-7-10-13-14(16(19)21-2)15(17(20)22-3)18(24-13)11-8-9-12-23-18/h10,14-15H,8-9,11-12H2,1-3H3/b13-10-. The van der Waals surface area contributed by atoms with E-state index in [0.717, 1.165) is 12.8 Å². The van der Waals surface area contributed by atoms with E-state index in [4.69, 9.17) is 18.9 Å². The fourth-order valence-electron chi connectivity index (χ4n) is 3.01. The maximum atomic E-state index is 12.4. The molecule has 6 heteroatoms. The maximum absolute atomic E-state index is 12.4. The zero-order chi connectivity index (χ0) is 17.6. The van der Waals surface area contributed by atoms with Crippen LogP contribution in [0.5, 0.6) is 0 Å². The van der Waals surface area contributed by atoms with Gasteiger partial charge in [0.1, 0.15) is 17.6 Å². The van der Waals surface area contributed by atoms with Crippen LogP contribution < -0.4 is 0 Å². The summed E-state index contributed by atoms with van der Waals surface area (Å²) in [6, 6.07) is 0. The minimum Gasteiger partial charge on any atom is -0.469 e. The first kappa shape index (κ1) is 17.9. The third kappa shape index (κ3) is 3.39. The minimum absolute atomic E-state index is 0.240. The van der Waals surface area contributed by atoms with Crippen molar-refractivity contribution in [2.45, 2.75) is 32.0 Å². The van der Waals surface area contributed by atoms with Gasteiger partial charge in [0, 0.05) is 12.5 Å². The summed E-state index contributed by atoms with van der Waals surface area (Å²) in [5.74, 6) is 6.54. The first-order chi connectivity index (χ1) is 11.6. The summed E-state index contributed by atoms with van der Waals surface area (Å²) in [5, 5.41) is 0. The van der Waals surface area contributed by atoms with Crippen molar-refractivity contribution in [3.63, 3.8) is 0 Å². The highest BCUT2D eigenvalue weighted by Gasteiger charge is 2.62. The van der Waals surface area contributed by atoms with Crippen molar-refractivity contribution in [1.29, 1.82) is 0 Å². The largest absolute Gasteiger partial charge is 0.469 e. The minimum atomic E-state index is -1.21. The molecular formula is C18H20O6. The van der Waals surface area contributed by atoms with E-state index in [0.29, 0.717) is 13.0 Å². The second kappa shape index (κ2) is 7.90. The van der Waals surface area contributed by atoms with Crippen LogP contribution in [0.4, 0.5) is 0 Å². The number of allylic oxidation sites excluding steroid dienone is 1. The summed E-state index contributed by atoms with van der Waals surface area (Å²) in [4.78, 5) is 24.7. The predicted octanol–water partition coefficient (Wildman–Crippen LogP) is 1.40. The van der Waals surface area contributed by atoms with E-state index in [-0.39, 0.29) is 5.76 Å². The van der Waals surface area contributed by atoms with Crippen LogP contribution in [0.2, 0.25) is 0 Å². The van der Waals surface area contributed by atoms with Crippen molar-refractivity contribution in [3.8, 4) is 23.7 Å². The number of carbonyl (C=O) groups excluding carboxylic acids is 2. The lowest BCUT2D eigenvalue weighted by Gasteiger charge is -2.36. The third-order valence-corrected chi connectivity index (χ3v) is 4.05. The van der Waals surface area contributed by atoms with Crippen LogP contribution in [-0.4, -0.2) is 38.6 Å². The zero-order valence-corrected chi connectivity index (χ0v) is 14.0. The van der Waals surface area contributed by atoms with E-state index >= 15 is 0 Å². The number of rotatable bonds is 2. The summed E-state index contributed by atoms with van der Waals surface area (Å²) in [6.07, 6.45) is 3.61. The average molecular weight is 332 g/mol. The van der Waals surface area contributed by atoms with E-state index in [1.54, 1.807) is 6.92 Å². The summed E-state index contributed by atoms with van der Waals surface area (Å²) in [5.41, 5.74) is 0. The molecule has 128 valence electrons. The highest BCUT2D eigenvalue weighted by atomic mass is 16.7. The van der Waals surface area contributed by atoms with Crippen molar-refractivity contribution in [1.82, 2.24) is 0 Å². The Kier molecular flexibility index (Phi) is 5.89. The van der Waals surface area contributed by atoms with Gasteiger partial charge in [-0.2, -0.15) is 0 Å². The molecule has 6 nitrogen and oxygen atoms in total. The van der Waals surface area contributed by atoms with Crippen molar-refractivity contribution in [3.05, 3.63) is 11.8 Å². The Morgan fingerprint density at radius 2 is 1.96 bits per heavy atom. The number of carbonyl (C=O) groups is 2. The molecule has 0 N–H and O–H groups in total. The van der Waals surface area contributed by atoms with Crippen LogP contribution in [0, 0.1) is 35.5 Å². The molecule has 0 amide bonds. The van der Waals surface area contributed by atoms with Crippen LogP contribution >= 0.6 is 0 Å². The summed E-state index contributed by atoms with van der Waals surface area (Å²) in [7, 11) is 2.53. The van der Waals surface area contributed by atoms with Gasteiger partial charge in [0.15, 0.2) is 0 Å². The lowest BCUT2D eigenvalue weighted by atomic mass is 9.83. The molecule has 0 aromatic rings. The summed E-state index contributed by atoms with van der Waals surface area (Å²) < 4.78 is 21.5. The zero-order valence-electron chi connectivity index (χ0n) is 14.0. The van der Waals surface area contributed by atoms with Gasteiger partial charge >= 0.3 is 11.9 Å². The Morgan fingerprint density at radius 3 is 2.54 bits per heavy atom. The third-order valence-electron chi connectivity index (χ3n) is 4.05. The van der Waals surface area contributed by atoms with Crippen LogP contribution in [0.1, 0.15) is 26.2 Å². The SMILES string of the molecule is CC#CC#C/C=C1\OC2(CCCCO2)C(C(=O)OC)C1C(=O)OC. The number of ether oxygens (including phenoxy) is 4. The van der Waals surface area contributed by atoms with E-state index in [2.05, 4.69) is 23.7 Å². The van der Waals surface area contributed by atoms with Gasteiger partial charge in [0.05, 0.1) is 20.8 Å². The Balaban J connectivity index is 2.47. The first-order valence-electron chi connectivity index (χ1n) is 7.70. The Labute approximate surface area is 141 Å². The van der Waals surface area contributed by atoms with Gasteiger partial charge in [-0.1, -0.05) is 11.8 Å². The second-order valence-electron chi connectivity index (χ2n) is 5.41. The van der Waals surface area contributed by atoms with Gasteiger partial charge in [-0.15, -0.1) is 0 Å². The van der Waals surface area contributed by atoms with Crippen LogP contribution in [-0.2, 0) is 28.5 Å². The molecule has 2 heterocycles. The van der Waals surface area contributed by atoms with Gasteiger partial charge in [-0.05, 0) is 31.6 Å². The number of hydrogen-bond donors (Lipinski definition) is 0. The molecule has 3 atom stereocenters. The molecule has 0 saturated carbocycles. The molecule has 0 aliphatic carbocycles. The summed E-state index contributed by atoms with van der Waals surface area (Å²) >= 11 is 0. The smallest absolute Gasteiger partial charge is 0.317 e. The molecule has 2 saturated heterocycles. The molecule has 2 fully saturated rings. The van der Waals surface area contributed by atoms with Gasteiger partial charge < -0.3 is 18.9 Å². The number of methoxy groups -OCH3 is 2. The first-order valence-corrected chi connectivity index (χ1v) is 7.70. The Morgan fingerprint density at radius 1 is 1.21 bits per heavy atom. The molecule has 0 radical (unpaired) electrons. The van der Waals surface area contributed by atoms with E-state index in [1.807, 2.05) is 0 Å². The normalized spacial score (nSPS) is 29.7. The van der Waals surface area contributed by atoms with Gasteiger partial charge in [-0.25, -0.2) is 0 Å². The predicted molar refractivity (Wildman–Crippen MR) is 83.9 cm³/mol. The number of esters is 2. The molecule has 1 spiro atoms. The average Bonchev–Trinajstić information content (AvgIpc) is 2.91. The molecule has 2 aliphatic rings. The maximum Gasteiger partial charge on any atom is 0.317 e. The molecule has 0 aromatic carbocycles. The van der Waals surface area contributed by atoms with Crippen molar-refractivity contribution in [2.24, 2.45) is 11.8 Å². The molecule has 3 unspecified atom stereocenters. The topological polar surface area (TPSA) is 71.1 Å². The molecule has 2 rings (SSSR count).